The van der Waals surface area contributed by atoms with E-state index in [0.29, 0.717) is 17.4 Å². The minimum absolute atomic E-state index is 0.0547. The fourth-order valence-electron chi connectivity index (χ4n) is 6.60. The number of hydrogen-bond acceptors (Lipinski definition) is 5. The second-order valence-electron chi connectivity index (χ2n) is 17.1. The molecule has 1 amide bonds. The first kappa shape index (κ1) is 54.7. The van der Waals surface area contributed by atoms with Gasteiger partial charge < -0.3 is 19.8 Å². The van der Waals surface area contributed by atoms with Gasteiger partial charge in [0, 0.05) is 6.42 Å². The van der Waals surface area contributed by atoms with E-state index >= 15 is 0 Å². The van der Waals surface area contributed by atoms with Crippen molar-refractivity contribution in [3.05, 3.63) is 36.5 Å². The Hall–Kier alpha value is -1.28. The van der Waals surface area contributed by atoms with Gasteiger partial charge in [0.1, 0.15) is 13.2 Å². The van der Waals surface area contributed by atoms with Crippen molar-refractivity contribution in [3.63, 3.8) is 0 Å². The summed E-state index contributed by atoms with van der Waals surface area (Å²) in [4.78, 5) is 23.1. The van der Waals surface area contributed by atoms with Gasteiger partial charge >= 0.3 is 7.82 Å². The fourth-order valence-corrected chi connectivity index (χ4v) is 7.34. The largest absolute Gasteiger partial charge is 0.472 e. The molecule has 0 saturated carbocycles. The number of nitrogens with one attached hydrogen (secondary N) is 1. The number of hydrogen-bond donors (Lipinski definition) is 3. The molecule has 0 aromatic heterocycles. The Kier molecular flexibility index (Phi) is 38.3. The number of quaternary nitrogens is 1. The van der Waals surface area contributed by atoms with Crippen molar-refractivity contribution in [2.45, 2.75) is 219 Å². The van der Waals surface area contributed by atoms with Crippen LogP contribution in [0.2, 0.25) is 0 Å². The van der Waals surface area contributed by atoms with Crippen LogP contribution >= 0.6 is 7.82 Å². The molecule has 0 aromatic carbocycles. The lowest BCUT2D eigenvalue weighted by molar-refractivity contribution is -0.870. The molecule has 9 heteroatoms. The van der Waals surface area contributed by atoms with Crippen molar-refractivity contribution in [2.75, 3.05) is 40.9 Å². The highest BCUT2D eigenvalue weighted by molar-refractivity contribution is 7.47. The standard InChI is InChI=1S/C47H91N2O6P/c1-6-8-10-12-14-16-18-20-22-24-25-27-29-31-33-35-37-39-41-47(51)48-45(44-55-56(52,53)54-43-42-49(3,4)5)46(50)40-38-36-34-32-30-28-26-23-21-19-17-15-13-11-9-7-2/h21,23,30,32,38,40,45-46,50H,6-20,22,24-29,31,33-37,39,41-44H2,1-5H3,(H-,48,51,52,53)/p+1/b23-21+,32-30+,40-38+. The molecule has 3 N–H and O–H groups in total. The highest BCUT2D eigenvalue weighted by Gasteiger charge is 2.27. The molecule has 0 aromatic rings. The zero-order valence-corrected chi connectivity index (χ0v) is 38.3. The number of likely N-dealkylation sites (N-methyl/N-ethyl adjacent to an activating group) is 1. The molecule has 0 aliphatic heterocycles. The van der Waals surface area contributed by atoms with Gasteiger partial charge in [0.15, 0.2) is 0 Å². The number of nitrogens with zero attached hydrogens (tertiary/aromatic N) is 1. The van der Waals surface area contributed by atoms with Gasteiger partial charge in [-0.05, 0) is 44.9 Å². The first-order chi connectivity index (χ1) is 27.0. The Balaban J connectivity index is 4.43. The third kappa shape index (κ3) is 40.9. The number of allylic oxidation sites excluding steroid dienone is 5. The van der Waals surface area contributed by atoms with Gasteiger partial charge in [0.2, 0.25) is 5.91 Å². The average molecular weight is 812 g/mol. The summed E-state index contributed by atoms with van der Waals surface area (Å²) in [6, 6.07) is -0.865. The summed E-state index contributed by atoms with van der Waals surface area (Å²) in [5.41, 5.74) is 0. The summed E-state index contributed by atoms with van der Waals surface area (Å²) >= 11 is 0. The highest BCUT2D eigenvalue weighted by atomic mass is 31.2. The number of rotatable bonds is 42. The third-order valence-corrected chi connectivity index (χ3v) is 11.3. The molecule has 8 nitrogen and oxygen atoms in total. The second-order valence-corrected chi connectivity index (χ2v) is 18.6. The predicted molar refractivity (Wildman–Crippen MR) is 240 cm³/mol. The lowest BCUT2D eigenvalue weighted by atomic mass is 10.0. The fraction of sp³-hybridized carbons (Fsp3) is 0.851. The molecule has 0 aliphatic carbocycles. The number of amides is 1. The smallest absolute Gasteiger partial charge is 0.387 e. The van der Waals surface area contributed by atoms with Crippen molar-refractivity contribution in [1.82, 2.24) is 5.32 Å². The highest BCUT2D eigenvalue weighted by Crippen LogP contribution is 2.43. The quantitative estimate of drug-likeness (QED) is 0.0245. The van der Waals surface area contributed by atoms with E-state index in [1.165, 1.54) is 141 Å². The summed E-state index contributed by atoms with van der Waals surface area (Å²) < 4.78 is 23.6. The zero-order chi connectivity index (χ0) is 41.4. The molecule has 0 fully saturated rings. The topological polar surface area (TPSA) is 105 Å². The number of carbonyl (C=O) groups excluding carboxylic acids is 1. The van der Waals surface area contributed by atoms with Crippen LogP contribution in [0.3, 0.4) is 0 Å². The van der Waals surface area contributed by atoms with Gasteiger partial charge in [0.05, 0.1) is 39.9 Å². The molecule has 3 atom stereocenters. The second kappa shape index (κ2) is 39.2. The Morgan fingerprint density at radius 1 is 0.589 bits per heavy atom. The maximum atomic E-state index is 12.9. The van der Waals surface area contributed by atoms with Crippen LogP contribution in [0.5, 0.6) is 0 Å². The summed E-state index contributed by atoms with van der Waals surface area (Å²) in [6.07, 6.45) is 47.9. The Labute approximate surface area is 347 Å². The van der Waals surface area contributed by atoms with Crippen LogP contribution in [0.15, 0.2) is 36.5 Å². The molecular weight excluding hydrogens is 719 g/mol. The van der Waals surface area contributed by atoms with E-state index in [0.717, 1.165) is 44.9 Å². The molecule has 0 aliphatic rings. The Bertz CT molecular complexity index is 1010. The molecule has 56 heavy (non-hydrogen) atoms. The third-order valence-electron chi connectivity index (χ3n) is 10.3. The molecule has 0 rings (SSSR count). The van der Waals surface area contributed by atoms with Crippen LogP contribution in [0, 0.1) is 0 Å². The summed E-state index contributed by atoms with van der Waals surface area (Å²) in [5, 5.41) is 13.8. The lowest BCUT2D eigenvalue weighted by Gasteiger charge is -2.25. The molecular formula is C47H92N2O6P+. The Morgan fingerprint density at radius 2 is 0.982 bits per heavy atom. The maximum absolute atomic E-state index is 12.9. The molecule has 0 saturated heterocycles. The number of phosphoric acid groups is 1. The van der Waals surface area contributed by atoms with E-state index < -0.39 is 20.0 Å². The van der Waals surface area contributed by atoms with E-state index in [9.17, 15) is 19.4 Å². The van der Waals surface area contributed by atoms with Crippen LogP contribution in [0.25, 0.3) is 0 Å². The van der Waals surface area contributed by atoms with Crippen molar-refractivity contribution in [2.24, 2.45) is 0 Å². The van der Waals surface area contributed by atoms with Crippen molar-refractivity contribution < 1.29 is 32.9 Å². The van der Waals surface area contributed by atoms with Gasteiger partial charge in [-0.2, -0.15) is 0 Å². The predicted octanol–water partition coefficient (Wildman–Crippen LogP) is 13.1. The van der Waals surface area contributed by atoms with E-state index in [2.05, 4.69) is 43.5 Å². The lowest BCUT2D eigenvalue weighted by Crippen LogP contribution is -2.45. The monoisotopic (exact) mass is 812 g/mol. The number of aliphatic hydroxyl groups excluding tert-OH is 1. The van der Waals surface area contributed by atoms with Gasteiger partial charge in [0.25, 0.3) is 0 Å². The molecule has 0 bridgehead atoms. The molecule has 0 heterocycles. The SMILES string of the molecule is CCCCCCCC/C=C/CC/C=C/CC/C=C/C(O)C(COP(=O)(O)OCC[N+](C)(C)C)NC(=O)CCCCCCCCCCCCCCCCCCCC. The van der Waals surface area contributed by atoms with E-state index in [1.54, 1.807) is 6.08 Å². The summed E-state index contributed by atoms with van der Waals surface area (Å²) in [7, 11) is 1.55. The normalized spacial score (nSPS) is 14.6. The maximum Gasteiger partial charge on any atom is 0.472 e. The van der Waals surface area contributed by atoms with Gasteiger partial charge in [-0.3, -0.25) is 13.8 Å². The van der Waals surface area contributed by atoms with Crippen LogP contribution in [-0.4, -0.2) is 73.4 Å². The van der Waals surface area contributed by atoms with Crippen molar-refractivity contribution >= 4 is 13.7 Å². The average Bonchev–Trinajstić information content (AvgIpc) is 3.15. The Morgan fingerprint density at radius 3 is 1.43 bits per heavy atom. The molecule has 0 radical (unpaired) electrons. The number of carbonyl (C=O) groups is 1. The van der Waals surface area contributed by atoms with E-state index in [4.69, 9.17) is 9.05 Å². The van der Waals surface area contributed by atoms with Crippen molar-refractivity contribution in [3.8, 4) is 0 Å². The first-order valence-corrected chi connectivity index (χ1v) is 24.9. The zero-order valence-electron chi connectivity index (χ0n) is 37.4. The van der Waals surface area contributed by atoms with Gasteiger partial charge in [-0.15, -0.1) is 0 Å². The first-order valence-electron chi connectivity index (χ1n) is 23.4. The number of unbranched alkanes of at least 4 members (excludes halogenated alkanes) is 25. The van der Waals surface area contributed by atoms with Crippen LogP contribution in [0.1, 0.15) is 206 Å². The number of aliphatic hydroxyl groups is 1. The number of phosphoric ester groups is 1. The summed E-state index contributed by atoms with van der Waals surface area (Å²) in [5.74, 6) is -0.190. The minimum Gasteiger partial charge on any atom is -0.387 e. The minimum atomic E-state index is -4.35. The van der Waals surface area contributed by atoms with Gasteiger partial charge in [-0.25, -0.2) is 4.57 Å². The van der Waals surface area contributed by atoms with Crippen LogP contribution < -0.4 is 5.32 Å². The van der Waals surface area contributed by atoms with Crippen LogP contribution in [0.4, 0.5) is 0 Å². The van der Waals surface area contributed by atoms with Crippen LogP contribution in [-0.2, 0) is 18.4 Å². The van der Waals surface area contributed by atoms with Gasteiger partial charge in [-0.1, -0.05) is 192 Å². The van der Waals surface area contributed by atoms with Crippen molar-refractivity contribution in [1.29, 1.82) is 0 Å². The van der Waals surface area contributed by atoms with E-state index in [1.807, 2.05) is 27.2 Å². The summed E-state index contributed by atoms with van der Waals surface area (Å²) in [6.45, 7) is 4.78. The van der Waals surface area contributed by atoms with E-state index in [-0.39, 0.29) is 19.1 Å². The molecule has 0 spiro atoms. The molecule has 330 valence electrons. The molecule has 3 unspecified atom stereocenters.